The number of carbonyl (C=O) groups excluding carboxylic acids is 2. The number of hydrogen-bond donors (Lipinski definition) is 3. The standard InChI is InChI=1S/C16H24N2O4S/c1-5-10(6-2)13(19)18-15-11(8-9(4)23-15)14(20)17-12(7-3)16(21)22/h8,10,12H,5-7H2,1-4H3,(H,17,20)(H,18,19)(H,21,22). The van der Waals surface area contributed by atoms with Crippen LogP contribution in [-0.2, 0) is 9.59 Å². The van der Waals surface area contributed by atoms with Crippen LogP contribution >= 0.6 is 11.3 Å². The van der Waals surface area contributed by atoms with Crippen molar-refractivity contribution in [3.05, 3.63) is 16.5 Å². The maximum atomic E-state index is 12.3. The second kappa shape index (κ2) is 8.67. The minimum absolute atomic E-state index is 0.101. The molecule has 0 aromatic carbocycles. The Kier molecular flexibility index (Phi) is 7.22. The van der Waals surface area contributed by atoms with Gasteiger partial charge in [-0.1, -0.05) is 20.8 Å². The third-order valence-corrected chi connectivity index (χ3v) is 4.67. The Morgan fingerprint density at radius 2 is 1.78 bits per heavy atom. The molecule has 2 amide bonds. The largest absolute Gasteiger partial charge is 0.480 e. The Morgan fingerprint density at radius 3 is 2.26 bits per heavy atom. The molecule has 0 aliphatic carbocycles. The first-order valence-electron chi connectivity index (χ1n) is 7.78. The molecule has 0 radical (unpaired) electrons. The number of hydrogen-bond acceptors (Lipinski definition) is 4. The SMILES string of the molecule is CCC(CC)C(=O)Nc1sc(C)cc1C(=O)NC(CC)C(=O)O. The molecule has 1 rings (SSSR count). The van der Waals surface area contributed by atoms with Crippen molar-refractivity contribution in [2.45, 2.75) is 53.0 Å². The Balaban J connectivity index is 2.94. The fourth-order valence-electron chi connectivity index (χ4n) is 2.22. The fourth-order valence-corrected chi connectivity index (χ4v) is 3.14. The lowest BCUT2D eigenvalue weighted by molar-refractivity contribution is -0.139. The van der Waals surface area contributed by atoms with E-state index in [4.69, 9.17) is 5.11 Å². The van der Waals surface area contributed by atoms with E-state index in [1.807, 2.05) is 20.8 Å². The molecule has 1 unspecified atom stereocenters. The molecule has 7 heteroatoms. The average molecular weight is 340 g/mol. The number of aliphatic carboxylic acids is 1. The normalized spacial score (nSPS) is 12.0. The molecule has 0 fully saturated rings. The van der Waals surface area contributed by atoms with E-state index in [0.717, 1.165) is 17.7 Å². The molecule has 0 saturated heterocycles. The Labute approximate surface area is 140 Å². The van der Waals surface area contributed by atoms with Gasteiger partial charge in [-0.05, 0) is 32.3 Å². The summed E-state index contributed by atoms with van der Waals surface area (Å²) in [6.45, 7) is 7.41. The molecule has 1 aromatic rings. The fraction of sp³-hybridized carbons (Fsp3) is 0.562. The number of aryl methyl sites for hydroxylation is 1. The average Bonchev–Trinajstić information content (AvgIpc) is 2.86. The van der Waals surface area contributed by atoms with E-state index in [0.29, 0.717) is 17.0 Å². The molecule has 6 nitrogen and oxygen atoms in total. The maximum Gasteiger partial charge on any atom is 0.326 e. The summed E-state index contributed by atoms with van der Waals surface area (Å²) in [6.07, 6.45) is 1.75. The van der Waals surface area contributed by atoms with Crippen molar-refractivity contribution < 1.29 is 19.5 Å². The van der Waals surface area contributed by atoms with Crippen LogP contribution in [0.3, 0.4) is 0 Å². The highest BCUT2D eigenvalue weighted by atomic mass is 32.1. The molecule has 128 valence electrons. The number of rotatable bonds is 8. The number of carboxylic acids is 1. The van der Waals surface area contributed by atoms with Gasteiger partial charge in [-0.25, -0.2) is 4.79 Å². The number of anilines is 1. The molecule has 0 aliphatic rings. The van der Waals surface area contributed by atoms with Crippen LogP contribution in [0, 0.1) is 12.8 Å². The van der Waals surface area contributed by atoms with Gasteiger partial charge in [0.2, 0.25) is 5.91 Å². The van der Waals surface area contributed by atoms with Crippen molar-refractivity contribution in [3.63, 3.8) is 0 Å². The Hall–Kier alpha value is -1.89. The maximum absolute atomic E-state index is 12.3. The van der Waals surface area contributed by atoms with Gasteiger partial charge in [0.1, 0.15) is 11.0 Å². The van der Waals surface area contributed by atoms with Gasteiger partial charge in [0.25, 0.3) is 5.91 Å². The first-order chi connectivity index (χ1) is 10.8. The van der Waals surface area contributed by atoms with E-state index in [9.17, 15) is 14.4 Å². The summed E-state index contributed by atoms with van der Waals surface area (Å²) in [5, 5.41) is 14.8. The number of carboxylic acid groups (broad SMARTS) is 1. The first-order valence-corrected chi connectivity index (χ1v) is 8.60. The second-order valence-corrected chi connectivity index (χ2v) is 6.63. The van der Waals surface area contributed by atoms with Crippen molar-refractivity contribution in [1.29, 1.82) is 0 Å². The van der Waals surface area contributed by atoms with Crippen LogP contribution in [-0.4, -0.2) is 28.9 Å². The molecule has 0 saturated carbocycles. The van der Waals surface area contributed by atoms with Crippen LogP contribution < -0.4 is 10.6 Å². The number of amides is 2. The van der Waals surface area contributed by atoms with Gasteiger partial charge >= 0.3 is 5.97 Å². The van der Waals surface area contributed by atoms with Crippen molar-refractivity contribution in [3.8, 4) is 0 Å². The van der Waals surface area contributed by atoms with E-state index in [1.165, 1.54) is 11.3 Å². The molecule has 3 N–H and O–H groups in total. The van der Waals surface area contributed by atoms with Crippen LogP contribution in [0.1, 0.15) is 55.3 Å². The van der Waals surface area contributed by atoms with Crippen LogP contribution in [0.25, 0.3) is 0 Å². The molecule has 1 heterocycles. The van der Waals surface area contributed by atoms with Crippen LogP contribution in [0.5, 0.6) is 0 Å². The van der Waals surface area contributed by atoms with Crippen LogP contribution in [0.2, 0.25) is 0 Å². The molecule has 23 heavy (non-hydrogen) atoms. The third kappa shape index (κ3) is 5.06. The lowest BCUT2D eigenvalue weighted by Gasteiger charge is -2.14. The number of nitrogens with one attached hydrogen (secondary N) is 2. The lowest BCUT2D eigenvalue weighted by Crippen LogP contribution is -2.40. The van der Waals surface area contributed by atoms with Crippen LogP contribution in [0.15, 0.2) is 6.07 Å². The highest BCUT2D eigenvalue weighted by Gasteiger charge is 2.23. The zero-order valence-corrected chi connectivity index (χ0v) is 14.8. The minimum atomic E-state index is -1.07. The Morgan fingerprint density at radius 1 is 1.17 bits per heavy atom. The molecule has 0 aliphatic heterocycles. The molecular formula is C16H24N2O4S. The predicted octanol–water partition coefficient (Wildman–Crippen LogP) is 3.02. The summed E-state index contributed by atoms with van der Waals surface area (Å²) in [5.41, 5.74) is 0.312. The Bertz CT molecular complexity index is 579. The van der Waals surface area contributed by atoms with E-state index in [2.05, 4.69) is 10.6 Å². The predicted molar refractivity (Wildman–Crippen MR) is 90.9 cm³/mol. The van der Waals surface area contributed by atoms with Gasteiger partial charge in [-0.3, -0.25) is 9.59 Å². The molecule has 0 spiro atoms. The third-order valence-electron chi connectivity index (χ3n) is 3.70. The summed E-state index contributed by atoms with van der Waals surface area (Å²) in [5.74, 6) is -1.77. The van der Waals surface area contributed by atoms with Gasteiger partial charge in [0.05, 0.1) is 5.56 Å². The summed E-state index contributed by atoms with van der Waals surface area (Å²) in [4.78, 5) is 36.5. The van der Waals surface area contributed by atoms with Crippen molar-refractivity contribution >= 4 is 34.1 Å². The number of thiophene rings is 1. The monoisotopic (exact) mass is 340 g/mol. The zero-order chi connectivity index (χ0) is 17.6. The van der Waals surface area contributed by atoms with Gasteiger partial charge in [0.15, 0.2) is 0 Å². The number of carbonyl (C=O) groups is 3. The van der Waals surface area contributed by atoms with Gasteiger partial charge < -0.3 is 15.7 Å². The summed E-state index contributed by atoms with van der Waals surface area (Å²) in [7, 11) is 0. The van der Waals surface area contributed by atoms with E-state index in [1.54, 1.807) is 13.0 Å². The topological polar surface area (TPSA) is 95.5 Å². The van der Waals surface area contributed by atoms with E-state index in [-0.39, 0.29) is 11.8 Å². The second-order valence-electron chi connectivity index (χ2n) is 5.38. The zero-order valence-electron chi connectivity index (χ0n) is 13.9. The van der Waals surface area contributed by atoms with Gasteiger partial charge in [-0.15, -0.1) is 11.3 Å². The van der Waals surface area contributed by atoms with E-state index >= 15 is 0 Å². The highest BCUT2D eigenvalue weighted by molar-refractivity contribution is 7.16. The quantitative estimate of drug-likeness (QED) is 0.678. The van der Waals surface area contributed by atoms with Gasteiger partial charge in [0, 0.05) is 10.8 Å². The molecular weight excluding hydrogens is 316 g/mol. The highest BCUT2D eigenvalue weighted by Crippen LogP contribution is 2.28. The molecule has 1 aromatic heterocycles. The summed E-state index contributed by atoms with van der Waals surface area (Å²) >= 11 is 1.31. The van der Waals surface area contributed by atoms with Crippen molar-refractivity contribution in [2.24, 2.45) is 5.92 Å². The van der Waals surface area contributed by atoms with Crippen molar-refractivity contribution in [1.82, 2.24) is 5.32 Å². The first kappa shape index (κ1) is 19.2. The van der Waals surface area contributed by atoms with Gasteiger partial charge in [-0.2, -0.15) is 0 Å². The summed E-state index contributed by atoms with van der Waals surface area (Å²) < 4.78 is 0. The van der Waals surface area contributed by atoms with Crippen LogP contribution in [0.4, 0.5) is 5.00 Å². The summed E-state index contributed by atoms with van der Waals surface area (Å²) in [6, 6.07) is 0.724. The van der Waals surface area contributed by atoms with E-state index < -0.39 is 17.9 Å². The molecule has 1 atom stereocenters. The minimum Gasteiger partial charge on any atom is -0.480 e. The lowest BCUT2D eigenvalue weighted by atomic mass is 10.0. The smallest absolute Gasteiger partial charge is 0.326 e. The van der Waals surface area contributed by atoms with Crippen molar-refractivity contribution in [2.75, 3.05) is 5.32 Å². The molecule has 0 bridgehead atoms.